The summed E-state index contributed by atoms with van der Waals surface area (Å²) in [6.07, 6.45) is 9.50. The maximum atomic E-state index is 12.2. The van der Waals surface area contributed by atoms with E-state index in [1.165, 1.54) is 18.4 Å². The Kier molecular flexibility index (Phi) is 5.84. The first kappa shape index (κ1) is 22.9. The molecule has 3 aliphatic rings. The van der Waals surface area contributed by atoms with Crippen LogP contribution in [0.4, 0.5) is 10.6 Å². The molecule has 2 aromatic heterocycles. The third-order valence-electron chi connectivity index (χ3n) is 7.62. The van der Waals surface area contributed by atoms with E-state index >= 15 is 0 Å². The zero-order chi connectivity index (χ0) is 23.4. The Morgan fingerprint density at radius 3 is 2.73 bits per heavy atom. The third kappa shape index (κ3) is 4.11. The van der Waals surface area contributed by atoms with E-state index in [2.05, 4.69) is 31.7 Å². The van der Waals surface area contributed by atoms with Gasteiger partial charge in [0.2, 0.25) is 0 Å². The lowest BCUT2D eigenvalue weighted by Crippen LogP contribution is -2.38. The van der Waals surface area contributed by atoms with E-state index in [1.807, 2.05) is 25.3 Å². The number of halogens is 1. The highest BCUT2D eigenvalue weighted by Crippen LogP contribution is 2.54. The number of alkyl carbamates (subject to hydrolysis) is 1. The Balaban J connectivity index is 1.41. The maximum Gasteiger partial charge on any atom is 0.407 e. The first-order valence-corrected chi connectivity index (χ1v) is 12.9. The fraction of sp³-hybridized carbons (Fsp3) is 0.708. The second-order valence-electron chi connectivity index (χ2n) is 11.0. The van der Waals surface area contributed by atoms with Gasteiger partial charge in [-0.3, -0.25) is 0 Å². The minimum Gasteiger partial charge on any atom is -0.444 e. The zero-order valence-corrected chi connectivity index (χ0v) is 21.2. The van der Waals surface area contributed by atoms with E-state index < -0.39 is 5.60 Å². The van der Waals surface area contributed by atoms with Crippen molar-refractivity contribution in [2.45, 2.75) is 95.2 Å². The number of hydrogen-bond acceptors (Lipinski definition) is 6. The Hall–Kier alpha value is -1.87. The van der Waals surface area contributed by atoms with Crippen molar-refractivity contribution < 1.29 is 14.6 Å². The van der Waals surface area contributed by atoms with Crippen molar-refractivity contribution in [1.29, 1.82) is 0 Å². The molecule has 1 spiro atoms. The van der Waals surface area contributed by atoms with E-state index in [0.29, 0.717) is 0 Å². The van der Waals surface area contributed by atoms with Crippen LogP contribution in [-0.4, -0.2) is 50.1 Å². The molecule has 33 heavy (non-hydrogen) atoms. The maximum absolute atomic E-state index is 12.2. The van der Waals surface area contributed by atoms with Crippen molar-refractivity contribution in [2.75, 3.05) is 11.9 Å². The SMILES string of the molecule is CC(C)(C)OC(=O)N[C@H]1CC[C@H](Nc2c3c(nc4c(Br)cnn24)C2(CCCC2)C(CO)C3)C1. The lowest BCUT2D eigenvalue weighted by Gasteiger charge is -2.30. The number of nitrogens with zero attached hydrogens (tertiary/aromatic N) is 3. The average Bonchev–Trinajstić information content (AvgIpc) is 3.51. The second-order valence-corrected chi connectivity index (χ2v) is 11.8. The van der Waals surface area contributed by atoms with Crippen LogP contribution in [0.3, 0.4) is 0 Å². The summed E-state index contributed by atoms with van der Waals surface area (Å²) in [6, 6.07) is 0.300. The highest BCUT2D eigenvalue weighted by Gasteiger charge is 2.51. The number of carbonyl (C=O) groups excluding carboxylic acids is 1. The molecule has 2 saturated carbocycles. The molecule has 3 N–H and O–H groups in total. The summed E-state index contributed by atoms with van der Waals surface area (Å²) in [4.78, 5) is 17.3. The molecule has 5 rings (SSSR count). The van der Waals surface area contributed by atoms with Crippen LogP contribution in [-0.2, 0) is 16.6 Å². The molecule has 2 heterocycles. The monoisotopic (exact) mass is 519 g/mol. The molecule has 3 atom stereocenters. The zero-order valence-electron chi connectivity index (χ0n) is 19.7. The minimum atomic E-state index is -0.504. The Morgan fingerprint density at radius 1 is 1.30 bits per heavy atom. The summed E-state index contributed by atoms with van der Waals surface area (Å²) in [5, 5.41) is 21.6. The van der Waals surface area contributed by atoms with Crippen LogP contribution in [0.25, 0.3) is 5.65 Å². The second kappa shape index (κ2) is 8.41. The number of aromatic nitrogens is 3. The van der Waals surface area contributed by atoms with Gasteiger partial charge < -0.3 is 20.5 Å². The average molecular weight is 520 g/mol. The number of aliphatic hydroxyl groups excluding tert-OH is 1. The van der Waals surface area contributed by atoms with Crippen LogP contribution in [0.15, 0.2) is 10.7 Å². The van der Waals surface area contributed by atoms with Crippen molar-refractivity contribution >= 4 is 33.5 Å². The largest absolute Gasteiger partial charge is 0.444 e. The molecule has 9 heteroatoms. The molecule has 0 aromatic carbocycles. The van der Waals surface area contributed by atoms with Crippen LogP contribution in [0.1, 0.15) is 77.0 Å². The third-order valence-corrected chi connectivity index (χ3v) is 8.18. The highest BCUT2D eigenvalue weighted by atomic mass is 79.9. The molecule has 180 valence electrons. The van der Waals surface area contributed by atoms with Crippen molar-refractivity contribution in [3.05, 3.63) is 21.9 Å². The predicted molar refractivity (Wildman–Crippen MR) is 130 cm³/mol. The van der Waals surface area contributed by atoms with E-state index in [9.17, 15) is 9.90 Å². The number of carbonyl (C=O) groups is 1. The molecule has 3 aliphatic carbocycles. The summed E-state index contributed by atoms with van der Waals surface area (Å²) in [5.41, 5.74) is 2.64. The topological polar surface area (TPSA) is 101 Å². The summed E-state index contributed by atoms with van der Waals surface area (Å²) in [6.45, 7) is 5.81. The van der Waals surface area contributed by atoms with Crippen LogP contribution < -0.4 is 10.6 Å². The standard InChI is InChI=1S/C24H34BrN5O3/c1-23(2,3)33-22(32)28-16-7-6-15(11-16)27-20-17-10-14(13-31)24(8-4-5-9-24)19(17)29-21-18(25)12-26-30(20)21/h12,14-16,27,31H,4-11,13H2,1-3H3,(H,28,32)/t14?,15-,16-/m0/s1. The van der Waals surface area contributed by atoms with Crippen LogP contribution >= 0.6 is 15.9 Å². The fourth-order valence-electron chi connectivity index (χ4n) is 6.19. The molecule has 0 aliphatic heterocycles. The smallest absolute Gasteiger partial charge is 0.407 e. The number of aliphatic hydroxyl groups is 1. The molecule has 2 aromatic rings. The predicted octanol–water partition coefficient (Wildman–Crippen LogP) is 4.33. The highest BCUT2D eigenvalue weighted by molar-refractivity contribution is 9.10. The van der Waals surface area contributed by atoms with E-state index in [4.69, 9.17) is 9.72 Å². The van der Waals surface area contributed by atoms with Gasteiger partial charge in [0.25, 0.3) is 0 Å². The van der Waals surface area contributed by atoms with E-state index in [0.717, 1.165) is 60.2 Å². The number of fused-ring (bicyclic) bond motifs is 3. The number of rotatable bonds is 4. The molecule has 8 nitrogen and oxygen atoms in total. The van der Waals surface area contributed by atoms with Gasteiger partial charge in [-0.1, -0.05) is 12.8 Å². The summed E-state index contributed by atoms with van der Waals surface area (Å²) in [5.74, 6) is 1.20. The van der Waals surface area contributed by atoms with Gasteiger partial charge in [-0.25, -0.2) is 9.78 Å². The van der Waals surface area contributed by atoms with Gasteiger partial charge in [0.1, 0.15) is 11.4 Å². The van der Waals surface area contributed by atoms with Gasteiger partial charge in [-0.15, -0.1) is 0 Å². The van der Waals surface area contributed by atoms with Crippen molar-refractivity contribution in [3.8, 4) is 0 Å². The molecule has 1 amide bonds. The molecule has 1 unspecified atom stereocenters. The quantitative estimate of drug-likeness (QED) is 0.555. The Labute approximate surface area is 203 Å². The molecule has 0 saturated heterocycles. The molecule has 2 fully saturated rings. The van der Waals surface area contributed by atoms with Gasteiger partial charge in [0.05, 0.1) is 16.4 Å². The van der Waals surface area contributed by atoms with E-state index in [1.54, 1.807) is 6.20 Å². The number of hydrogen-bond donors (Lipinski definition) is 3. The number of ether oxygens (including phenoxy) is 1. The normalized spacial score (nSPS) is 26.2. The first-order valence-electron chi connectivity index (χ1n) is 12.1. The summed E-state index contributed by atoms with van der Waals surface area (Å²) >= 11 is 3.63. The molecular formula is C24H34BrN5O3. The summed E-state index contributed by atoms with van der Waals surface area (Å²) < 4.78 is 8.21. The number of anilines is 1. The molecule has 0 bridgehead atoms. The Morgan fingerprint density at radius 2 is 2.03 bits per heavy atom. The van der Waals surface area contributed by atoms with Crippen LogP contribution in [0.2, 0.25) is 0 Å². The van der Waals surface area contributed by atoms with Gasteiger partial charge in [-0.05, 0) is 81.1 Å². The first-order chi connectivity index (χ1) is 15.7. The number of amides is 1. The van der Waals surface area contributed by atoms with E-state index in [-0.39, 0.29) is 36.1 Å². The summed E-state index contributed by atoms with van der Waals surface area (Å²) in [7, 11) is 0. The van der Waals surface area contributed by atoms with Crippen LogP contribution in [0, 0.1) is 5.92 Å². The lowest BCUT2D eigenvalue weighted by molar-refractivity contribution is 0.0505. The lowest BCUT2D eigenvalue weighted by atomic mass is 9.76. The Bertz CT molecular complexity index is 1060. The minimum absolute atomic E-state index is 0.0253. The molecule has 0 radical (unpaired) electrons. The van der Waals surface area contributed by atoms with Crippen molar-refractivity contribution in [1.82, 2.24) is 19.9 Å². The van der Waals surface area contributed by atoms with Gasteiger partial charge in [0, 0.05) is 29.7 Å². The van der Waals surface area contributed by atoms with Gasteiger partial charge in [-0.2, -0.15) is 9.61 Å². The van der Waals surface area contributed by atoms with Crippen molar-refractivity contribution in [2.24, 2.45) is 5.92 Å². The fourth-order valence-corrected chi connectivity index (χ4v) is 6.54. The molecular weight excluding hydrogens is 486 g/mol. The number of nitrogens with one attached hydrogen (secondary N) is 2. The van der Waals surface area contributed by atoms with Gasteiger partial charge in [0.15, 0.2) is 5.65 Å². The van der Waals surface area contributed by atoms with Crippen molar-refractivity contribution in [3.63, 3.8) is 0 Å². The van der Waals surface area contributed by atoms with Crippen LogP contribution in [0.5, 0.6) is 0 Å². The van der Waals surface area contributed by atoms with Gasteiger partial charge >= 0.3 is 6.09 Å².